The van der Waals surface area contributed by atoms with Gasteiger partial charge in [-0.15, -0.1) is 0 Å². The van der Waals surface area contributed by atoms with E-state index in [1.54, 1.807) is 36.5 Å². The van der Waals surface area contributed by atoms with E-state index >= 15 is 0 Å². The summed E-state index contributed by atoms with van der Waals surface area (Å²) >= 11 is 0. The number of nitrogens with zero attached hydrogens (tertiary/aromatic N) is 10. The normalized spacial score (nSPS) is 25.1. The Balaban J connectivity index is 0.000000182. The maximum Gasteiger partial charge on any atom is 0.351 e. The van der Waals surface area contributed by atoms with Crippen molar-refractivity contribution >= 4 is 71.2 Å². The third kappa shape index (κ3) is 21.5. The molecule has 0 amide bonds. The third-order valence-electron chi connectivity index (χ3n) is 22.0. The minimum Gasteiger partial charge on any atom is -0.450 e. The van der Waals surface area contributed by atoms with Gasteiger partial charge in [-0.05, 0) is 133 Å². The van der Waals surface area contributed by atoms with Crippen molar-refractivity contribution in [3.05, 3.63) is 164 Å². The summed E-state index contributed by atoms with van der Waals surface area (Å²) in [6.07, 6.45) is -9.95. The number of aromatic nitrogens is 8. The van der Waals surface area contributed by atoms with Crippen molar-refractivity contribution in [3.8, 4) is 52.1 Å². The van der Waals surface area contributed by atoms with Gasteiger partial charge in [0.05, 0.1) is 91.6 Å². The van der Waals surface area contributed by atoms with Crippen molar-refractivity contribution in [2.75, 3.05) is 55.8 Å². The van der Waals surface area contributed by atoms with Crippen LogP contribution in [0.25, 0.3) is 0 Å². The summed E-state index contributed by atoms with van der Waals surface area (Å²) < 4.78 is 121. The smallest absolute Gasteiger partial charge is 0.351 e. The molecule has 8 aliphatic rings. The lowest BCUT2D eigenvalue weighted by molar-refractivity contribution is -0.0551. The van der Waals surface area contributed by atoms with E-state index in [1.165, 1.54) is 49.1 Å². The van der Waals surface area contributed by atoms with E-state index in [0.717, 1.165) is 14.8 Å². The summed E-state index contributed by atoms with van der Waals surface area (Å²) in [4.78, 5) is 67.3. The van der Waals surface area contributed by atoms with Crippen molar-refractivity contribution in [2.45, 2.75) is 243 Å². The lowest BCUT2D eigenvalue weighted by Crippen LogP contribution is -2.50. The molecule has 4 aromatic heterocycles. The van der Waals surface area contributed by atoms with E-state index in [4.69, 9.17) is 69.3 Å². The highest BCUT2D eigenvalue weighted by molar-refractivity contribution is 7.44. The highest BCUT2D eigenvalue weighted by Crippen LogP contribution is 2.54. The number of aliphatic hydroxyl groups excluding tert-OH is 9. The Morgan fingerprint density at radius 1 is 0.492 bits per heavy atom. The van der Waals surface area contributed by atoms with Crippen LogP contribution in [0.2, 0.25) is 36.3 Å². The second kappa shape index (κ2) is 41.7. The molecule has 0 radical (unpaired) electrons. The number of hydrogen-bond donors (Lipinski definition) is 13. The molecule has 8 aromatic rings. The number of hydrogen-bond acceptors (Lipinski definition) is 35. The van der Waals surface area contributed by atoms with Crippen LogP contribution in [0.15, 0.2) is 141 Å². The Morgan fingerprint density at radius 3 is 1.14 bits per heavy atom. The third-order valence-corrected chi connectivity index (χ3v) is 33.1. The number of fused-ring (bicyclic) bond motifs is 8. The van der Waals surface area contributed by atoms with Gasteiger partial charge in [0.1, 0.15) is 54.9 Å². The fourth-order valence-electron chi connectivity index (χ4n) is 13.6. The van der Waals surface area contributed by atoms with Gasteiger partial charge in [0.15, 0.2) is 111 Å². The van der Waals surface area contributed by atoms with Crippen molar-refractivity contribution in [3.63, 3.8) is 0 Å². The summed E-state index contributed by atoms with van der Waals surface area (Å²) in [7, 11) is -2.56. The lowest BCUT2D eigenvalue weighted by atomic mass is 10.1. The number of anilines is 8. The molecule has 39 nitrogen and oxygen atoms in total. The number of rotatable bonds is 17. The molecule has 4 saturated heterocycles. The van der Waals surface area contributed by atoms with Crippen LogP contribution < -0.4 is 63.0 Å². The minimum atomic E-state index is -2.47. The summed E-state index contributed by atoms with van der Waals surface area (Å²) in [5.41, 5.74) is 0.370. The van der Waals surface area contributed by atoms with Crippen LogP contribution in [0.4, 0.5) is 46.0 Å². The molecule has 12 heterocycles. The molecule has 126 heavy (non-hydrogen) atoms. The SMILES string of the molecule is O=c1nc2c(cn1[C@@H]1O[C@H](CO)C(O)[C@@H]1O)Oc1ccccc1N2.[2H]C[C@H]1O[C@@H](n2cc3c(nc2=O)Nc2ccccc2O3)[C@@H](O)C1O.[2H]C[C@H]1O[C@@H](n2cc3c(nc2=O)Nc2ccccc2O3)[C@@H](O[Si](C)(C)C(C)(C)C)C1O.[2H]C[C@H]1O[C@@H](n2cc3c(nc2=O)Nc2ccccc2O3)[C@@H](O[Si](C)(C)C(C)(C)C)C1OP(OCCC#N)N(C(C)C)C(C)C.[3H]OC.[3H]OC.[3H]OC. The molecule has 42 heteroatoms. The van der Waals surface area contributed by atoms with Gasteiger partial charge in [0.2, 0.25) is 4.29 Å². The number of nitrogens with one attached hydrogen (secondary N) is 4. The van der Waals surface area contributed by atoms with Gasteiger partial charge in [-0.3, -0.25) is 18.3 Å². The fraction of sp³-hybridized carbons (Fsp3) is 0.512. The number of para-hydroxylation sites is 8. The molecule has 4 fully saturated rings. The van der Waals surface area contributed by atoms with E-state index < -0.39 is 153 Å². The quantitative estimate of drug-likeness (QED) is 0.0229. The second-order valence-corrected chi connectivity index (χ2v) is 44.1. The van der Waals surface area contributed by atoms with Crippen molar-refractivity contribution in [1.82, 2.24) is 42.9 Å². The lowest BCUT2D eigenvalue weighted by Gasteiger charge is -2.42. The predicted octanol–water partition coefficient (Wildman–Crippen LogP) is 10.1. The zero-order chi connectivity index (χ0) is 96.8. The van der Waals surface area contributed by atoms with Crippen molar-refractivity contribution in [1.29, 1.82) is 9.56 Å². The van der Waals surface area contributed by atoms with Crippen LogP contribution in [0, 0.1) is 11.3 Å². The van der Waals surface area contributed by atoms with E-state index in [9.17, 15) is 50.0 Å². The average molecular weight is 1820 g/mol. The summed E-state index contributed by atoms with van der Waals surface area (Å²) in [6.45, 7) is 28.6. The van der Waals surface area contributed by atoms with E-state index in [2.05, 4.69) is 163 Å². The maximum atomic E-state index is 13.6. The molecule has 0 aliphatic carbocycles. The Labute approximate surface area is 740 Å². The van der Waals surface area contributed by atoms with Crippen molar-refractivity contribution in [2.24, 2.45) is 0 Å². The Morgan fingerprint density at radius 2 is 0.810 bits per heavy atom. The van der Waals surface area contributed by atoms with Gasteiger partial charge in [-0.25, -0.2) is 23.8 Å². The highest BCUT2D eigenvalue weighted by atomic mass is 31.2. The first-order valence-corrected chi connectivity index (χ1v) is 47.3. The molecule has 0 saturated carbocycles. The van der Waals surface area contributed by atoms with E-state index in [0.29, 0.717) is 68.9 Å². The number of ether oxygens (including phenoxy) is 8. The van der Waals surface area contributed by atoms with Crippen LogP contribution in [0.3, 0.4) is 0 Å². The Bertz CT molecular complexity index is 5340. The van der Waals surface area contributed by atoms with E-state index in [-0.39, 0.29) is 73.3 Å². The molecule has 16 rings (SSSR count). The molecule has 17 atom stereocenters. The first kappa shape index (κ1) is 89.8. The Kier molecular flexibility index (Phi) is 29.7. The topological polar surface area (TPSA) is 508 Å². The van der Waals surface area contributed by atoms with E-state index in [1.807, 2.05) is 66.7 Å². The minimum absolute atomic E-state index is 0.0792. The summed E-state index contributed by atoms with van der Waals surface area (Å²) in [5, 5.41) is 91.6. The molecule has 4 aromatic carbocycles. The van der Waals surface area contributed by atoms with Gasteiger partial charge in [-0.2, -0.15) is 25.2 Å². The molecular weight excluding hydrogens is 1690 g/mol. The number of benzene rings is 4. The molecule has 8 aliphatic heterocycles. The highest BCUT2D eigenvalue weighted by Gasteiger charge is 2.54. The van der Waals surface area contributed by atoms with Gasteiger partial charge < -0.3 is 123 Å². The van der Waals surface area contributed by atoms with Gasteiger partial charge in [-0.1, -0.05) is 90.1 Å². The number of aliphatic hydroxyl groups is 9. The van der Waals surface area contributed by atoms with Crippen LogP contribution in [-0.4, -0.2) is 230 Å². The zero-order valence-corrected chi connectivity index (χ0v) is 75.9. The molecule has 0 spiro atoms. The molecule has 686 valence electrons. The molecular formula is C84H117N14O25PSi2. The summed E-state index contributed by atoms with van der Waals surface area (Å²) in [6, 6.07) is 31.5. The second-order valence-electron chi connectivity index (χ2n) is 33.2. The molecule has 5 unspecified atom stereocenters. The summed E-state index contributed by atoms with van der Waals surface area (Å²) in [5.74, 6) is 4.85. The standard InChI is InChI=1S/C30H46N5O6PSi.C21H29N3O5Si.C15H15N3O6.C15H15N3O5.3CH4O/c1-19(2)35(20(3)4)42(37-17-13-16-31)40-25-21(5)38-28(26(25)41-43(9,10)30(6,7)8)34-18-24-27(33-29(34)36)32-22-14-11-12-15-23(22)39-24;1-12-16(25)17(29-30(5,6)21(2,3)4)19(27-12)24-11-15-18(23-20(24)26)22-13-9-7-8-10-14(13)28-15;19-6-10-11(20)12(21)14(24-10)18-5-9-13(17-15(18)22)16-7-3-1-2-4-8(7)23-9;1-7-11(19)12(20)14(22-7)18-6-10-13(17-15(18)21)16-8-4-2-3-5-9(8)23-10;3*1-2/h11-12,14-15,18-21,25-26,28H,13,17H2,1-10H3,(H,32,33,36);7-12,16-17,19,25H,1-6H3,(H,22,23,26);1-5,10-12,14,19-21H,6H2,(H,16,17,22);2-7,11-12,14,19-20H,1H3,(H,16,17,21);3*2H,1H3/t21-,25?,26+,28-,42?;12-,16?,17+,19-;10-,11?,12+,14-;7-,11?,12+,14-;;;/m1111.../s1/i5D;1D;;1D;3*2T. The fourth-order valence-corrected chi connectivity index (χ4v) is 17.9. The average Bonchev–Trinajstić information content (AvgIpc) is 1.57. The van der Waals surface area contributed by atoms with Gasteiger partial charge in [0.25, 0.3) is 8.53 Å². The first-order chi connectivity index (χ1) is 62.6. The first-order valence-electron chi connectivity index (χ1n) is 43.7. The zero-order valence-electron chi connectivity index (χ0n) is 79.0. The van der Waals surface area contributed by atoms with Crippen LogP contribution in [-0.2, 0) is 36.8 Å². The van der Waals surface area contributed by atoms with Crippen LogP contribution in [0.1, 0.15) is 125 Å². The van der Waals surface area contributed by atoms with Crippen molar-refractivity contribution < 1.29 is 106 Å². The van der Waals surface area contributed by atoms with Crippen LogP contribution >= 0.6 is 8.53 Å². The molecule has 13 N–H and O–H groups in total. The largest absolute Gasteiger partial charge is 0.450 e. The predicted molar refractivity (Wildman–Crippen MR) is 472 cm³/mol. The maximum absolute atomic E-state index is 13.6. The van der Waals surface area contributed by atoms with Crippen LogP contribution in [0.5, 0.6) is 46.0 Å². The monoisotopic (exact) mass is 1820 g/mol. The number of nitriles is 1. The molecule has 0 bridgehead atoms. The van der Waals surface area contributed by atoms with Gasteiger partial charge in [0, 0.05) is 37.5 Å². The Hall–Kier alpha value is -9.57. The van der Waals surface area contributed by atoms with Gasteiger partial charge >= 0.3 is 22.8 Å².